The Morgan fingerprint density at radius 1 is 1.18 bits per heavy atom. The second-order valence-corrected chi connectivity index (χ2v) is 11.8. The molecule has 4 rings (SSSR count). The van der Waals surface area contributed by atoms with E-state index < -0.39 is 0 Å². The standard InChI is InChI=1S/C23H30BS4/c1-4-5-11-17-15(2)14-27-20(17)22-18-21(26-13-12-24-18)23(28-22)19(25-3)16-9-7-6-8-10-16/h2,4-14H2,1,3H3. The summed E-state index contributed by atoms with van der Waals surface area (Å²) >= 11 is 8.22. The second-order valence-electron chi connectivity index (χ2n) is 7.85. The predicted molar refractivity (Wildman–Crippen MR) is 137 cm³/mol. The van der Waals surface area contributed by atoms with Crippen molar-refractivity contribution in [3.63, 3.8) is 0 Å². The summed E-state index contributed by atoms with van der Waals surface area (Å²) < 4.78 is 0. The molecule has 0 unspecified atom stereocenters. The van der Waals surface area contributed by atoms with Crippen LogP contribution in [0.4, 0.5) is 0 Å². The quantitative estimate of drug-likeness (QED) is 0.409. The van der Waals surface area contributed by atoms with Crippen LogP contribution in [0.1, 0.15) is 68.0 Å². The molecule has 0 nitrogen and oxygen atoms in total. The Labute approximate surface area is 188 Å². The normalized spacial score (nSPS) is 19.8. The van der Waals surface area contributed by atoms with Gasteiger partial charge in [0.25, 0.3) is 0 Å². The van der Waals surface area contributed by atoms with Gasteiger partial charge < -0.3 is 0 Å². The third-order valence-corrected chi connectivity index (χ3v) is 10.8. The second kappa shape index (κ2) is 9.89. The van der Waals surface area contributed by atoms with E-state index in [9.17, 15) is 0 Å². The fourth-order valence-electron chi connectivity index (χ4n) is 4.38. The lowest BCUT2D eigenvalue weighted by Gasteiger charge is -2.19. The van der Waals surface area contributed by atoms with Gasteiger partial charge in [-0.3, -0.25) is 0 Å². The smallest absolute Gasteiger partial charge is 0.134 e. The molecule has 0 bridgehead atoms. The van der Waals surface area contributed by atoms with Gasteiger partial charge in [0.2, 0.25) is 0 Å². The van der Waals surface area contributed by atoms with E-state index in [2.05, 4.69) is 50.1 Å². The van der Waals surface area contributed by atoms with Gasteiger partial charge >= 0.3 is 0 Å². The Balaban J connectivity index is 1.82. The van der Waals surface area contributed by atoms with Crippen LogP contribution in [0.15, 0.2) is 28.2 Å². The Hall–Kier alpha value is 0.0349. The average Bonchev–Trinajstić information content (AvgIpc) is 3.29. The van der Waals surface area contributed by atoms with Crippen molar-refractivity contribution in [1.29, 1.82) is 0 Å². The number of fused-ring (bicyclic) bond motifs is 1. The molecule has 149 valence electrons. The lowest BCUT2D eigenvalue weighted by atomic mass is 9.67. The summed E-state index contributed by atoms with van der Waals surface area (Å²) in [7, 11) is 2.52. The van der Waals surface area contributed by atoms with Crippen molar-refractivity contribution in [3.05, 3.63) is 33.1 Å². The maximum Gasteiger partial charge on any atom is 0.156 e. The first-order valence-corrected chi connectivity index (χ1v) is 14.7. The number of thiophene rings is 1. The topological polar surface area (TPSA) is 0 Å². The third kappa shape index (κ3) is 4.24. The highest BCUT2D eigenvalue weighted by molar-refractivity contribution is 8.09. The van der Waals surface area contributed by atoms with Crippen LogP contribution in [-0.2, 0) is 0 Å². The van der Waals surface area contributed by atoms with Crippen molar-refractivity contribution >= 4 is 69.2 Å². The highest BCUT2D eigenvalue weighted by Gasteiger charge is 2.30. The molecule has 0 N–H and O–H groups in total. The third-order valence-electron chi connectivity index (χ3n) is 5.88. The molecule has 1 aromatic rings. The summed E-state index contributed by atoms with van der Waals surface area (Å²) in [5.74, 6) is 2.31. The first kappa shape index (κ1) is 21.3. The maximum atomic E-state index is 4.40. The minimum absolute atomic E-state index is 1.08. The van der Waals surface area contributed by atoms with Crippen molar-refractivity contribution in [3.8, 4) is 0 Å². The zero-order chi connectivity index (χ0) is 19.5. The molecule has 0 atom stereocenters. The van der Waals surface area contributed by atoms with Crippen molar-refractivity contribution < 1.29 is 0 Å². The molecule has 2 aliphatic heterocycles. The number of allylic oxidation sites excluding steroid dienone is 2. The number of hydrogen-bond donors (Lipinski definition) is 0. The van der Waals surface area contributed by atoms with E-state index >= 15 is 0 Å². The van der Waals surface area contributed by atoms with Crippen LogP contribution in [0.5, 0.6) is 0 Å². The van der Waals surface area contributed by atoms with Gasteiger partial charge in [0.05, 0.1) is 4.88 Å². The Bertz CT molecular complexity index is 807. The largest absolute Gasteiger partial charge is 0.156 e. The van der Waals surface area contributed by atoms with Crippen LogP contribution >= 0.6 is 46.6 Å². The molecule has 0 amide bonds. The Kier molecular flexibility index (Phi) is 7.52. The van der Waals surface area contributed by atoms with E-state index in [1.54, 1.807) is 41.1 Å². The van der Waals surface area contributed by atoms with Crippen LogP contribution < -0.4 is 5.46 Å². The first-order chi connectivity index (χ1) is 13.7. The molecule has 0 saturated heterocycles. The fourth-order valence-corrected chi connectivity index (χ4v) is 9.60. The number of thioether (sulfide) groups is 3. The summed E-state index contributed by atoms with van der Waals surface area (Å²) in [4.78, 5) is 7.87. The van der Waals surface area contributed by atoms with Crippen molar-refractivity contribution in [2.24, 2.45) is 0 Å². The molecule has 3 heterocycles. The molecule has 28 heavy (non-hydrogen) atoms. The molecule has 0 aromatic carbocycles. The van der Waals surface area contributed by atoms with Crippen LogP contribution in [0.3, 0.4) is 0 Å². The molecule has 1 radical (unpaired) electrons. The Morgan fingerprint density at radius 3 is 2.75 bits per heavy atom. The van der Waals surface area contributed by atoms with E-state index in [1.807, 2.05) is 23.5 Å². The summed E-state index contributed by atoms with van der Waals surface area (Å²) in [6, 6.07) is 0. The van der Waals surface area contributed by atoms with Gasteiger partial charge in [-0.15, -0.1) is 46.6 Å². The number of unbranched alkanes of at least 4 members (excludes halogenated alkanes) is 1. The molecule has 1 fully saturated rings. The maximum absolute atomic E-state index is 4.40. The van der Waals surface area contributed by atoms with E-state index in [4.69, 9.17) is 0 Å². The van der Waals surface area contributed by atoms with Crippen LogP contribution in [0.2, 0.25) is 6.32 Å². The van der Waals surface area contributed by atoms with E-state index in [-0.39, 0.29) is 0 Å². The zero-order valence-electron chi connectivity index (χ0n) is 17.2. The minimum atomic E-state index is 1.08. The summed E-state index contributed by atoms with van der Waals surface area (Å²) in [5, 5.41) is 0. The molecule has 5 heteroatoms. The fraction of sp³-hybridized carbons (Fsp3) is 0.565. The van der Waals surface area contributed by atoms with Gasteiger partial charge in [0.1, 0.15) is 0 Å². The first-order valence-electron chi connectivity index (χ1n) is 10.7. The minimum Gasteiger partial charge on any atom is -0.134 e. The summed E-state index contributed by atoms with van der Waals surface area (Å²) in [5.41, 5.74) is 6.20. The lowest BCUT2D eigenvalue weighted by molar-refractivity contribution is 0.602. The molecule has 1 aliphatic carbocycles. The van der Waals surface area contributed by atoms with Gasteiger partial charge in [-0.25, -0.2) is 0 Å². The van der Waals surface area contributed by atoms with Gasteiger partial charge in [0.15, 0.2) is 7.28 Å². The highest BCUT2D eigenvalue weighted by atomic mass is 32.2. The lowest BCUT2D eigenvalue weighted by Crippen LogP contribution is -2.22. The van der Waals surface area contributed by atoms with E-state index in [0.717, 1.165) is 5.75 Å². The van der Waals surface area contributed by atoms with Crippen LogP contribution in [-0.4, -0.2) is 25.0 Å². The van der Waals surface area contributed by atoms with Gasteiger partial charge in [-0.2, -0.15) is 0 Å². The van der Waals surface area contributed by atoms with Crippen LogP contribution in [0, 0.1) is 0 Å². The SMILES string of the molecule is C=C1CSC(c2sc(C(SC)=C3CCCCC3)c3c2[B]CCS3)=C1CCCC. The van der Waals surface area contributed by atoms with Crippen molar-refractivity contribution in [1.82, 2.24) is 0 Å². The molecule has 1 aromatic heterocycles. The van der Waals surface area contributed by atoms with Gasteiger partial charge in [0, 0.05) is 25.3 Å². The molecular formula is C23H30BS4. The van der Waals surface area contributed by atoms with Gasteiger partial charge in [-0.05, 0) is 61.7 Å². The van der Waals surface area contributed by atoms with Crippen LogP contribution in [0.25, 0.3) is 9.81 Å². The van der Waals surface area contributed by atoms with E-state index in [1.165, 1.54) is 69.0 Å². The van der Waals surface area contributed by atoms with E-state index in [0.29, 0.717) is 0 Å². The predicted octanol–water partition coefficient (Wildman–Crippen LogP) is 7.84. The Morgan fingerprint density at radius 2 is 2.00 bits per heavy atom. The number of hydrogen-bond acceptors (Lipinski definition) is 4. The molecule has 1 saturated carbocycles. The van der Waals surface area contributed by atoms with Crippen molar-refractivity contribution in [2.45, 2.75) is 69.5 Å². The van der Waals surface area contributed by atoms with Gasteiger partial charge in [-0.1, -0.05) is 43.7 Å². The monoisotopic (exact) mass is 445 g/mol. The number of rotatable bonds is 6. The average molecular weight is 446 g/mol. The summed E-state index contributed by atoms with van der Waals surface area (Å²) in [6.45, 7) is 6.70. The zero-order valence-corrected chi connectivity index (χ0v) is 20.5. The molecule has 0 spiro atoms. The molecule has 3 aliphatic rings. The highest BCUT2D eigenvalue weighted by Crippen LogP contribution is 2.50. The molecular weight excluding hydrogens is 415 g/mol. The summed E-state index contributed by atoms with van der Waals surface area (Å²) in [6.07, 6.45) is 14.0. The van der Waals surface area contributed by atoms with Crippen molar-refractivity contribution in [2.75, 3.05) is 17.8 Å².